The first kappa shape index (κ1) is 12.2. The Balaban J connectivity index is 0.000000364. The highest BCUT2D eigenvalue weighted by atomic mass is 16.4. The van der Waals surface area contributed by atoms with Gasteiger partial charge in [0, 0.05) is 6.92 Å². The van der Waals surface area contributed by atoms with E-state index in [1.165, 1.54) is 0 Å². The van der Waals surface area contributed by atoms with Gasteiger partial charge >= 0.3 is 0 Å². The summed E-state index contributed by atoms with van der Waals surface area (Å²) in [4.78, 5) is 9.00. The van der Waals surface area contributed by atoms with Gasteiger partial charge in [-0.1, -0.05) is 24.3 Å². The minimum Gasteiger partial charge on any atom is -0.508 e. The molecule has 1 aromatic rings. The number of allylic oxidation sites excluding steroid dienone is 1. The predicted molar refractivity (Wildman–Crippen MR) is 56.1 cm³/mol. The third kappa shape index (κ3) is 5.83. The molecule has 0 saturated carbocycles. The van der Waals surface area contributed by atoms with Crippen molar-refractivity contribution in [3.05, 3.63) is 36.4 Å². The molecule has 0 amide bonds. The zero-order valence-electron chi connectivity index (χ0n) is 8.32. The average molecular weight is 194 g/mol. The number of aliphatic carboxylic acids is 1. The molecule has 0 atom stereocenters. The maximum absolute atomic E-state index is 9.00. The second kappa shape index (κ2) is 5.80. The Morgan fingerprint density at radius 2 is 1.57 bits per heavy atom. The Bertz CT molecular complexity index is 308. The molecule has 0 aliphatic carbocycles. The molecule has 1 rings (SSSR count). The fourth-order valence-electron chi connectivity index (χ4n) is 0.746. The lowest BCUT2D eigenvalue weighted by atomic mass is 10.1. The van der Waals surface area contributed by atoms with Crippen LogP contribution in [-0.2, 0) is 4.79 Å². The van der Waals surface area contributed by atoms with Crippen molar-refractivity contribution in [3.8, 4) is 5.75 Å². The Morgan fingerprint density at radius 1 is 1.21 bits per heavy atom. The van der Waals surface area contributed by atoms with E-state index in [2.05, 4.69) is 6.58 Å². The predicted octanol–water partition coefficient (Wildman–Crippen LogP) is 2.52. The highest BCUT2D eigenvalue weighted by Gasteiger charge is 1.90. The summed E-state index contributed by atoms with van der Waals surface area (Å²) >= 11 is 0. The molecule has 3 heteroatoms. The number of hydrogen-bond donors (Lipinski definition) is 2. The summed E-state index contributed by atoms with van der Waals surface area (Å²) in [6.07, 6.45) is 0. The van der Waals surface area contributed by atoms with Crippen molar-refractivity contribution in [2.24, 2.45) is 0 Å². The normalized spacial score (nSPS) is 8.43. The van der Waals surface area contributed by atoms with Crippen molar-refractivity contribution in [1.29, 1.82) is 0 Å². The summed E-state index contributed by atoms with van der Waals surface area (Å²) in [6, 6.07) is 7.00. The summed E-state index contributed by atoms with van der Waals surface area (Å²) in [5.74, 6) is -0.537. The fraction of sp³-hybridized carbons (Fsp3) is 0.182. The minimum absolute atomic E-state index is 0.296. The molecule has 0 spiro atoms. The molecule has 1 aromatic carbocycles. The average Bonchev–Trinajstić information content (AvgIpc) is 2.03. The highest BCUT2D eigenvalue weighted by Crippen LogP contribution is 2.14. The van der Waals surface area contributed by atoms with Gasteiger partial charge in [-0.05, 0) is 24.6 Å². The maximum atomic E-state index is 9.00. The zero-order valence-corrected chi connectivity index (χ0v) is 8.32. The lowest BCUT2D eigenvalue weighted by molar-refractivity contribution is -0.134. The van der Waals surface area contributed by atoms with Gasteiger partial charge in [0.2, 0.25) is 0 Å². The number of carboxylic acid groups (broad SMARTS) is 1. The van der Waals surface area contributed by atoms with Gasteiger partial charge in [-0.3, -0.25) is 4.79 Å². The van der Waals surface area contributed by atoms with E-state index in [1.54, 1.807) is 12.1 Å². The standard InChI is InChI=1S/C9H10O.C2H4O2/c1-7(2)8-3-5-9(10)6-4-8;1-2(3)4/h3-6,10H,1H2,2H3;1H3,(H,3,4). The number of carbonyl (C=O) groups is 1. The first-order chi connectivity index (χ1) is 6.43. The van der Waals surface area contributed by atoms with Crippen LogP contribution in [0.15, 0.2) is 30.8 Å². The van der Waals surface area contributed by atoms with Crippen LogP contribution in [0.2, 0.25) is 0 Å². The summed E-state index contributed by atoms with van der Waals surface area (Å²) in [7, 11) is 0. The summed E-state index contributed by atoms with van der Waals surface area (Å²) in [5.41, 5.74) is 2.08. The topological polar surface area (TPSA) is 57.5 Å². The van der Waals surface area contributed by atoms with Crippen molar-refractivity contribution >= 4 is 11.5 Å². The molecular weight excluding hydrogens is 180 g/mol. The van der Waals surface area contributed by atoms with Gasteiger partial charge in [0.25, 0.3) is 5.97 Å². The number of phenols is 1. The first-order valence-corrected chi connectivity index (χ1v) is 4.08. The van der Waals surface area contributed by atoms with Crippen LogP contribution in [0, 0.1) is 0 Å². The van der Waals surface area contributed by atoms with Gasteiger partial charge in [0.15, 0.2) is 0 Å². The van der Waals surface area contributed by atoms with Crippen molar-refractivity contribution < 1.29 is 15.0 Å². The third-order valence-electron chi connectivity index (χ3n) is 1.36. The number of carboxylic acids is 1. The van der Waals surface area contributed by atoms with E-state index in [4.69, 9.17) is 15.0 Å². The van der Waals surface area contributed by atoms with Gasteiger partial charge in [-0.2, -0.15) is 0 Å². The van der Waals surface area contributed by atoms with Gasteiger partial charge in [-0.15, -0.1) is 0 Å². The molecule has 0 fully saturated rings. The zero-order chi connectivity index (χ0) is 11.1. The fourth-order valence-corrected chi connectivity index (χ4v) is 0.746. The quantitative estimate of drug-likeness (QED) is 0.722. The smallest absolute Gasteiger partial charge is 0.300 e. The molecule has 2 N–H and O–H groups in total. The van der Waals surface area contributed by atoms with Crippen molar-refractivity contribution in [1.82, 2.24) is 0 Å². The van der Waals surface area contributed by atoms with Crippen LogP contribution in [0.25, 0.3) is 5.57 Å². The van der Waals surface area contributed by atoms with E-state index in [-0.39, 0.29) is 0 Å². The molecule has 0 heterocycles. The molecule has 0 radical (unpaired) electrons. The maximum Gasteiger partial charge on any atom is 0.300 e. The van der Waals surface area contributed by atoms with Crippen LogP contribution >= 0.6 is 0 Å². The number of hydrogen-bond acceptors (Lipinski definition) is 2. The largest absolute Gasteiger partial charge is 0.508 e. The number of rotatable bonds is 1. The van der Waals surface area contributed by atoms with Gasteiger partial charge in [-0.25, -0.2) is 0 Å². The van der Waals surface area contributed by atoms with Crippen LogP contribution < -0.4 is 0 Å². The van der Waals surface area contributed by atoms with Crippen molar-refractivity contribution in [2.75, 3.05) is 0 Å². The lowest BCUT2D eigenvalue weighted by Gasteiger charge is -1.97. The van der Waals surface area contributed by atoms with E-state index in [1.807, 2.05) is 19.1 Å². The second-order valence-corrected chi connectivity index (χ2v) is 2.85. The van der Waals surface area contributed by atoms with E-state index in [9.17, 15) is 0 Å². The Labute approximate surface area is 83.3 Å². The second-order valence-electron chi connectivity index (χ2n) is 2.85. The molecule has 0 aliphatic heterocycles. The molecule has 0 saturated heterocycles. The third-order valence-corrected chi connectivity index (χ3v) is 1.36. The highest BCUT2D eigenvalue weighted by molar-refractivity contribution is 5.63. The monoisotopic (exact) mass is 194 g/mol. The SMILES string of the molecule is C=C(C)c1ccc(O)cc1.CC(=O)O. The molecule has 0 aliphatic rings. The van der Waals surface area contributed by atoms with Gasteiger partial charge in [0.1, 0.15) is 5.75 Å². The molecule has 0 aromatic heterocycles. The van der Waals surface area contributed by atoms with E-state index >= 15 is 0 Å². The lowest BCUT2D eigenvalue weighted by Crippen LogP contribution is -1.78. The van der Waals surface area contributed by atoms with E-state index < -0.39 is 5.97 Å². The number of aromatic hydroxyl groups is 1. The summed E-state index contributed by atoms with van der Waals surface area (Å²) in [6.45, 7) is 6.79. The molecule has 0 bridgehead atoms. The summed E-state index contributed by atoms with van der Waals surface area (Å²) < 4.78 is 0. The molecule has 0 unspecified atom stereocenters. The molecular formula is C11H14O3. The van der Waals surface area contributed by atoms with Crippen LogP contribution in [0.1, 0.15) is 19.4 Å². The van der Waals surface area contributed by atoms with Crippen molar-refractivity contribution in [2.45, 2.75) is 13.8 Å². The minimum atomic E-state index is -0.833. The molecule has 3 nitrogen and oxygen atoms in total. The van der Waals surface area contributed by atoms with Crippen LogP contribution in [0.4, 0.5) is 0 Å². The Kier molecular flexibility index (Phi) is 5.07. The molecule has 76 valence electrons. The van der Waals surface area contributed by atoms with Gasteiger partial charge < -0.3 is 10.2 Å². The number of benzene rings is 1. The first-order valence-electron chi connectivity index (χ1n) is 4.08. The molecule has 14 heavy (non-hydrogen) atoms. The van der Waals surface area contributed by atoms with Crippen LogP contribution in [0.3, 0.4) is 0 Å². The van der Waals surface area contributed by atoms with Crippen LogP contribution in [0.5, 0.6) is 5.75 Å². The van der Waals surface area contributed by atoms with E-state index in [0.29, 0.717) is 5.75 Å². The van der Waals surface area contributed by atoms with Crippen LogP contribution in [-0.4, -0.2) is 16.2 Å². The van der Waals surface area contributed by atoms with Crippen molar-refractivity contribution in [3.63, 3.8) is 0 Å². The Hall–Kier alpha value is -1.77. The Morgan fingerprint density at radius 3 is 1.86 bits per heavy atom. The van der Waals surface area contributed by atoms with E-state index in [0.717, 1.165) is 18.1 Å². The van der Waals surface area contributed by atoms with Gasteiger partial charge in [0.05, 0.1) is 0 Å². The summed E-state index contributed by atoms with van der Waals surface area (Å²) in [5, 5.41) is 16.3. The number of phenolic OH excluding ortho intramolecular Hbond substituents is 1.